The molecule has 1 fully saturated rings. The second-order valence-corrected chi connectivity index (χ2v) is 6.19. The maximum atomic E-state index is 12.3. The van der Waals surface area contributed by atoms with Crippen molar-refractivity contribution in [2.75, 3.05) is 31.6 Å². The molecule has 1 amide bonds. The molecule has 0 radical (unpaired) electrons. The Balaban J connectivity index is 1.55. The van der Waals surface area contributed by atoms with Crippen molar-refractivity contribution in [2.45, 2.75) is 12.5 Å². The number of carbonyl (C=O) groups is 2. The van der Waals surface area contributed by atoms with Crippen LogP contribution < -0.4 is 10.1 Å². The average molecular weight is 370 g/mol. The number of amides is 1. The largest absolute Gasteiger partial charge is 0.480 e. The van der Waals surface area contributed by atoms with E-state index in [0.29, 0.717) is 37.7 Å². The summed E-state index contributed by atoms with van der Waals surface area (Å²) in [6, 6.07) is 15.5. The molecule has 7 nitrogen and oxygen atoms in total. The third-order valence-corrected chi connectivity index (χ3v) is 4.27. The summed E-state index contributed by atoms with van der Waals surface area (Å²) in [4.78, 5) is 25.6. The average Bonchev–Trinajstić information content (AvgIpc) is 2.69. The number of carboxylic acids is 1. The summed E-state index contributed by atoms with van der Waals surface area (Å²) in [5.74, 6) is 0.0318. The Kier molecular flexibility index (Phi) is 6.40. The van der Waals surface area contributed by atoms with E-state index >= 15 is 0 Å². The van der Waals surface area contributed by atoms with E-state index in [2.05, 4.69) is 5.32 Å². The highest BCUT2D eigenvalue weighted by molar-refractivity contribution is 5.94. The van der Waals surface area contributed by atoms with Gasteiger partial charge in [0.2, 0.25) is 5.91 Å². The second kappa shape index (κ2) is 9.16. The number of rotatable bonds is 7. The number of morpholine rings is 1. The van der Waals surface area contributed by atoms with E-state index in [-0.39, 0.29) is 12.3 Å². The van der Waals surface area contributed by atoms with Crippen LogP contribution >= 0.6 is 0 Å². The number of hydrogen-bond donors (Lipinski definition) is 2. The van der Waals surface area contributed by atoms with Crippen LogP contribution in [-0.4, -0.2) is 54.2 Å². The first-order valence-corrected chi connectivity index (χ1v) is 8.79. The minimum absolute atomic E-state index is 0.113. The van der Waals surface area contributed by atoms with Crippen LogP contribution in [-0.2, 0) is 14.3 Å². The lowest BCUT2D eigenvalue weighted by atomic mass is 10.1. The Morgan fingerprint density at radius 3 is 2.30 bits per heavy atom. The van der Waals surface area contributed by atoms with E-state index in [1.54, 1.807) is 29.2 Å². The summed E-state index contributed by atoms with van der Waals surface area (Å²) < 4.78 is 10.9. The quantitative estimate of drug-likeness (QED) is 0.779. The minimum Gasteiger partial charge on any atom is -0.480 e. The number of ether oxygens (including phenoxy) is 2. The summed E-state index contributed by atoms with van der Waals surface area (Å²) in [7, 11) is 0. The Morgan fingerprint density at radius 1 is 1.04 bits per heavy atom. The van der Waals surface area contributed by atoms with Crippen LogP contribution in [0.25, 0.3) is 0 Å². The molecule has 2 aromatic carbocycles. The van der Waals surface area contributed by atoms with Crippen molar-refractivity contribution >= 4 is 17.6 Å². The lowest BCUT2D eigenvalue weighted by Gasteiger charge is -2.31. The molecule has 0 unspecified atom stereocenters. The van der Waals surface area contributed by atoms with Gasteiger partial charge < -0.3 is 19.9 Å². The van der Waals surface area contributed by atoms with Crippen LogP contribution in [0.5, 0.6) is 11.5 Å². The lowest BCUT2D eigenvalue weighted by molar-refractivity contribution is -0.147. The van der Waals surface area contributed by atoms with Crippen LogP contribution in [0.3, 0.4) is 0 Å². The number of para-hydroxylation sites is 1. The van der Waals surface area contributed by atoms with Gasteiger partial charge in [-0.1, -0.05) is 18.2 Å². The zero-order chi connectivity index (χ0) is 19.1. The molecule has 7 heteroatoms. The number of carbonyl (C=O) groups excluding carboxylic acids is 1. The van der Waals surface area contributed by atoms with Gasteiger partial charge >= 0.3 is 5.97 Å². The smallest absolute Gasteiger partial charge is 0.321 e. The first-order valence-electron chi connectivity index (χ1n) is 8.79. The topological polar surface area (TPSA) is 88.1 Å². The molecule has 1 aliphatic rings. The van der Waals surface area contributed by atoms with Gasteiger partial charge in [0.25, 0.3) is 0 Å². The molecular weight excluding hydrogens is 348 g/mol. The molecule has 1 aliphatic heterocycles. The molecule has 2 N–H and O–H groups in total. The molecule has 0 spiro atoms. The van der Waals surface area contributed by atoms with Crippen LogP contribution in [0.2, 0.25) is 0 Å². The Bertz CT molecular complexity index is 758. The SMILES string of the molecule is O=C(C[C@@H](C(=O)O)N1CCOCC1)Nc1ccc(Oc2ccccc2)cc1. The molecule has 0 saturated carbocycles. The molecule has 2 aromatic rings. The van der Waals surface area contributed by atoms with Gasteiger partial charge in [-0.15, -0.1) is 0 Å². The van der Waals surface area contributed by atoms with Gasteiger partial charge in [0.05, 0.1) is 19.6 Å². The minimum atomic E-state index is -1.00. The summed E-state index contributed by atoms with van der Waals surface area (Å²) in [6.07, 6.45) is -0.113. The normalized spacial score (nSPS) is 15.7. The van der Waals surface area contributed by atoms with Gasteiger partial charge in [0, 0.05) is 18.8 Å². The predicted molar refractivity (Wildman–Crippen MR) is 100 cm³/mol. The van der Waals surface area contributed by atoms with Gasteiger partial charge in [0.1, 0.15) is 17.5 Å². The number of nitrogens with zero attached hydrogens (tertiary/aromatic N) is 1. The zero-order valence-electron chi connectivity index (χ0n) is 14.8. The summed E-state index contributed by atoms with van der Waals surface area (Å²) in [5.41, 5.74) is 0.589. The molecule has 1 saturated heterocycles. The van der Waals surface area contributed by atoms with E-state index in [4.69, 9.17) is 9.47 Å². The van der Waals surface area contributed by atoms with Crippen molar-refractivity contribution in [3.63, 3.8) is 0 Å². The van der Waals surface area contributed by atoms with Crippen molar-refractivity contribution in [1.29, 1.82) is 0 Å². The number of nitrogens with one attached hydrogen (secondary N) is 1. The number of carboxylic acid groups (broad SMARTS) is 1. The van der Waals surface area contributed by atoms with Crippen LogP contribution in [0.4, 0.5) is 5.69 Å². The fourth-order valence-corrected chi connectivity index (χ4v) is 2.88. The number of benzene rings is 2. The molecule has 1 atom stereocenters. The molecule has 0 bridgehead atoms. The van der Waals surface area contributed by atoms with Crippen LogP contribution in [0.1, 0.15) is 6.42 Å². The van der Waals surface area contributed by atoms with Crippen molar-refractivity contribution in [2.24, 2.45) is 0 Å². The first kappa shape index (κ1) is 18.9. The lowest BCUT2D eigenvalue weighted by Crippen LogP contribution is -2.48. The molecule has 27 heavy (non-hydrogen) atoms. The van der Waals surface area contributed by atoms with Crippen molar-refractivity contribution in [3.05, 3.63) is 54.6 Å². The molecular formula is C20H22N2O5. The monoisotopic (exact) mass is 370 g/mol. The third-order valence-electron chi connectivity index (χ3n) is 4.27. The summed E-state index contributed by atoms with van der Waals surface area (Å²) in [5, 5.41) is 12.2. The number of hydrogen-bond acceptors (Lipinski definition) is 5. The van der Waals surface area contributed by atoms with E-state index in [0.717, 1.165) is 5.75 Å². The highest BCUT2D eigenvalue weighted by Gasteiger charge is 2.29. The van der Waals surface area contributed by atoms with E-state index in [9.17, 15) is 14.7 Å². The van der Waals surface area contributed by atoms with Gasteiger partial charge in [-0.3, -0.25) is 14.5 Å². The fraction of sp³-hybridized carbons (Fsp3) is 0.300. The van der Waals surface area contributed by atoms with Crippen molar-refractivity contribution in [1.82, 2.24) is 4.90 Å². The maximum absolute atomic E-state index is 12.3. The van der Waals surface area contributed by atoms with Crippen LogP contribution in [0.15, 0.2) is 54.6 Å². The van der Waals surface area contributed by atoms with Crippen molar-refractivity contribution < 1.29 is 24.2 Å². The standard InChI is InChI=1S/C20H22N2O5/c23-19(14-18(20(24)25)22-10-12-26-13-11-22)21-15-6-8-17(9-7-15)27-16-4-2-1-3-5-16/h1-9,18H,10-14H2,(H,21,23)(H,24,25)/t18-/m0/s1. The molecule has 1 heterocycles. The van der Waals surface area contributed by atoms with Gasteiger partial charge in [-0.05, 0) is 36.4 Å². The van der Waals surface area contributed by atoms with Gasteiger partial charge in [0.15, 0.2) is 0 Å². The fourth-order valence-electron chi connectivity index (χ4n) is 2.88. The Hall–Kier alpha value is -2.90. The van der Waals surface area contributed by atoms with Crippen molar-refractivity contribution in [3.8, 4) is 11.5 Å². The third kappa shape index (κ3) is 5.54. The predicted octanol–water partition coefficient (Wildman–Crippen LogP) is 2.59. The molecule has 3 rings (SSSR count). The maximum Gasteiger partial charge on any atom is 0.321 e. The van der Waals surface area contributed by atoms with E-state index in [1.807, 2.05) is 30.3 Å². The number of anilines is 1. The second-order valence-electron chi connectivity index (χ2n) is 6.19. The molecule has 142 valence electrons. The van der Waals surface area contributed by atoms with E-state index in [1.165, 1.54) is 0 Å². The highest BCUT2D eigenvalue weighted by atomic mass is 16.5. The summed E-state index contributed by atoms with van der Waals surface area (Å²) >= 11 is 0. The molecule has 0 aliphatic carbocycles. The van der Waals surface area contributed by atoms with Gasteiger partial charge in [-0.2, -0.15) is 0 Å². The molecule has 0 aromatic heterocycles. The summed E-state index contributed by atoms with van der Waals surface area (Å²) in [6.45, 7) is 1.98. The van der Waals surface area contributed by atoms with Gasteiger partial charge in [-0.25, -0.2) is 0 Å². The Morgan fingerprint density at radius 2 is 1.67 bits per heavy atom. The van der Waals surface area contributed by atoms with Crippen LogP contribution in [0, 0.1) is 0 Å². The Labute approximate surface area is 157 Å². The zero-order valence-corrected chi connectivity index (χ0v) is 14.8. The van der Waals surface area contributed by atoms with E-state index < -0.39 is 12.0 Å². The first-order chi connectivity index (χ1) is 13.1. The number of aliphatic carboxylic acids is 1. The highest BCUT2D eigenvalue weighted by Crippen LogP contribution is 2.22.